The Morgan fingerprint density at radius 2 is 1.70 bits per heavy atom. The predicted octanol–water partition coefficient (Wildman–Crippen LogP) is 2.76. The van der Waals surface area contributed by atoms with Crippen molar-refractivity contribution >= 4 is 49.1 Å². The van der Waals surface area contributed by atoms with E-state index in [2.05, 4.69) is 9.40 Å². The molecule has 0 radical (unpaired) electrons. The molecule has 2 nitrogen and oxygen atoms in total. The van der Waals surface area contributed by atoms with Crippen LogP contribution in [0.2, 0.25) is 0 Å². The van der Waals surface area contributed by atoms with Crippen molar-refractivity contribution in [2.45, 2.75) is 38.9 Å². The van der Waals surface area contributed by atoms with Crippen molar-refractivity contribution in [3.05, 3.63) is 41.7 Å². The molecule has 0 aromatic heterocycles. The first-order valence-electron chi connectivity index (χ1n) is 7.55. The van der Waals surface area contributed by atoms with Gasteiger partial charge >= 0.3 is 153 Å². The second-order valence-electron chi connectivity index (χ2n) is 6.73. The molecular formula is C18H17BFO2Tl. The van der Waals surface area contributed by atoms with Crippen LogP contribution in [-0.2, 0) is 9.31 Å². The zero-order valence-electron chi connectivity index (χ0n) is 13.7. The van der Waals surface area contributed by atoms with Crippen LogP contribution in [0.15, 0.2) is 30.3 Å². The first kappa shape index (κ1) is 16.9. The molecule has 2 aromatic rings. The zero-order valence-corrected chi connectivity index (χ0v) is 18.2. The molecule has 0 unspecified atom stereocenters. The van der Waals surface area contributed by atoms with Crippen LogP contribution in [0.4, 0.5) is 4.39 Å². The number of rotatable bonds is 1. The molecule has 3 rings (SSSR count). The Balaban J connectivity index is 2.23. The van der Waals surface area contributed by atoms with E-state index >= 15 is 0 Å². The summed E-state index contributed by atoms with van der Waals surface area (Å²) in [6.07, 6.45) is 0. The molecule has 0 aliphatic carbocycles. The summed E-state index contributed by atoms with van der Waals surface area (Å²) in [6.45, 7) is 8.05. The molecule has 0 saturated carbocycles. The average molecular weight is 500 g/mol. The van der Waals surface area contributed by atoms with Gasteiger partial charge in [0.2, 0.25) is 0 Å². The van der Waals surface area contributed by atoms with E-state index < -0.39 is 18.3 Å². The Morgan fingerprint density at radius 3 is 2.30 bits per heavy atom. The summed E-state index contributed by atoms with van der Waals surface area (Å²) >= 11 is 0.499. The molecule has 0 spiro atoms. The van der Waals surface area contributed by atoms with Crippen LogP contribution in [0.25, 0.3) is 10.8 Å². The van der Waals surface area contributed by atoms with Crippen LogP contribution < -0.4 is 5.46 Å². The molecule has 1 saturated heterocycles. The Bertz CT molecular complexity index is 820. The summed E-state index contributed by atoms with van der Waals surface area (Å²) < 4.78 is 29.6. The quantitative estimate of drug-likeness (QED) is 0.444. The standard InChI is InChI=1S/C18H17BFO2.Tl/c1-6-13-15(20)11-10-12-8-7-9-14(16(12)13)19-21-17(2,3)18(4,5)22-19;/h7-11H,2-5H3;. The number of hydrogen-bond donors (Lipinski definition) is 0. The van der Waals surface area contributed by atoms with E-state index in [9.17, 15) is 4.39 Å². The van der Waals surface area contributed by atoms with Gasteiger partial charge in [-0.05, 0) is 0 Å². The molecule has 5 heteroatoms. The monoisotopic (exact) mass is 500 g/mol. The summed E-state index contributed by atoms with van der Waals surface area (Å²) in [5, 5.41) is 1.74. The van der Waals surface area contributed by atoms with Crippen molar-refractivity contribution < 1.29 is 13.7 Å². The van der Waals surface area contributed by atoms with Crippen molar-refractivity contribution in [1.29, 1.82) is 0 Å². The number of halogens is 1. The van der Waals surface area contributed by atoms with Gasteiger partial charge in [-0.15, -0.1) is 0 Å². The molecule has 2 aromatic carbocycles. The Hall–Kier alpha value is -0.903. The van der Waals surface area contributed by atoms with Gasteiger partial charge in [-0.1, -0.05) is 0 Å². The topological polar surface area (TPSA) is 18.5 Å². The molecule has 0 bridgehead atoms. The minimum atomic E-state index is -0.525. The third-order valence-electron chi connectivity index (χ3n) is 4.73. The summed E-state index contributed by atoms with van der Waals surface area (Å²) in [5.74, 6) is 2.67. The van der Waals surface area contributed by atoms with Crippen molar-refractivity contribution in [2.24, 2.45) is 0 Å². The fourth-order valence-electron chi connectivity index (χ4n) is 2.74. The molecule has 1 aliphatic rings. The second kappa shape index (κ2) is 5.87. The van der Waals surface area contributed by atoms with Crippen molar-refractivity contribution in [2.75, 3.05) is 0 Å². The maximum atomic E-state index is 14.3. The molecule has 0 amide bonds. The fraction of sp³-hybridized carbons (Fsp3) is 0.333. The van der Waals surface area contributed by atoms with Crippen LogP contribution in [0.1, 0.15) is 33.3 Å². The van der Waals surface area contributed by atoms with Gasteiger partial charge in [-0.25, -0.2) is 0 Å². The van der Waals surface area contributed by atoms with Crippen LogP contribution in [0, 0.1) is 15.2 Å². The zero-order chi connectivity index (χ0) is 16.8. The second-order valence-corrected chi connectivity index (χ2v) is 7.85. The molecule has 1 heterocycles. The summed E-state index contributed by atoms with van der Waals surface area (Å²) in [7, 11) is -0.525. The fourth-order valence-corrected chi connectivity index (χ4v) is 3.30. The normalized spacial score (nSPS) is 18.7. The molecule has 114 valence electrons. The van der Waals surface area contributed by atoms with Crippen molar-refractivity contribution in [1.82, 2.24) is 0 Å². The van der Waals surface area contributed by atoms with Crippen LogP contribution in [-0.4, -0.2) is 44.1 Å². The van der Waals surface area contributed by atoms with Gasteiger partial charge in [0.25, 0.3) is 0 Å². The Kier molecular flexibility index (Phi) is 4.32. The van der Waals surface area contributed by atoms with E-state index in [4.69, 9.17) is 9.31 Å². The SMILES string of the molecule is CC1(C)OB(c2cccc3ccc(F)c(C#[C][Tl])c23)OC1(C)C. The first-order valence-corrected chi connectivity index (χ1v) is 9.80. The van der Waals surface area contributed by atoms with Crippen LogP contribution >= 0.6 is 0 Å². The van der Waals surface area contributed by atoms with E-state index in [1.54, 1.807) is 6.07 Å². The number of benzene rings is 2. The Labute approximate surface area is 152 Å². The molecule has 1 fully saturated rings. The predicted molar refractivity (Wildman–Crippen MR) is 92.3 cm³/mol. The van der Waals surface area contributed by atoms with Gasteiger partial charge < -0.3 is 0 Å². The van der Waals surface area contributed by atoms with Gasteiger partial charge in [0, 0.05) is 0 Å². The van der Waals surface area contributed by atoms with E-state index in [1.165, 1.54) is 6.07 Å². The van der Waals surface area contributed by atoms with E-state index in [1.807, 2.05) is 45.9 Å². The van der Waals surface area contributed by atoms with Gasteiger partial charge in [0.05, 0.1) is 0 Å². The third-order valence-corrected chi connectivity index (χ3v) is 5.29. The summed E-state index contributed by atoms with van der Waals surface area (Å²) in [4.78, 5) is 0. The van der Waals surface area contributed by atoms with Crippen molar-refractivity contribution in [3.8, 4) is 9.40 Å². The summed E-state index contributed by atoms with van der Waals surface area (Å²) in [6, 6.07) is 9.09. The number of fused-ring (bicyclic) bond motifs is 1. The Morgan fingerprint density at radius 1 is 1.04 bits per heavy atom. The molecular weight excluding hydrogens is 482 g/mol. The average Bonchev–Trinajstić information content (AvgIpc) is 2.70. The number of hydrogen-bond acceptors (Lipinski definition) is 2. The van der Waals surface area contributed by atoms with E-state index in [-0.39, 0.29) is 5.82 Å². The van der Waals surface area contributed by atoms with Crippen LogP contribution in [0.5, 0.6) is 0 Å². The van der Waals surface area contributed by atoms with Gasteiger partial charge in [-0.2, -0.15) is 0 Å². The van der Waals surface area contributed by atoms with E-state index in [0.29, 0.717) is 31.3 Å². The van der Waals surface area contributed by atoms with Gasteiger partial charge in [0.15, 0.2) is 0 Å². The molecule has 0 N–H and O–H groups in total. The molecule has 23 heavy (non-hydrogen) atoms. The summed E-state index contributed by atoms with van der Waals surface area (Å²) in [5.41, 5.74) is 0.412. The maximum absolute atomic E-state index is 14.3. The van der Waals surface area contributed by atoms with Gasteiger partial charge in [-0.3, -0.25) is 0 Å². The third kappa shape index (κ3) is 2.83. The first-order chi connectivity index (χ1) is 10.8. The van der Waals surface area contributed by atoms with Gasteiger partial charge in [0.1, 0.15) is 0 Å². The van der Waals surface area contributed by atoms with Crippen LogP contribution in [0.3, 0.4) is 0 Å². The molecule has 0 atom stereocenters. The molecule has 1 aliphatic heterocycles. The van der Waals surface area contributed by atoms with Crippen molar-refractivity contribution in [3.63, 3.8) is 0 Å². The van der Waals surface area contributed by atoms with E-state index in [0.717, 1.165) is 16.2 Å². The minimum absolute atomic E-state index is 0.297.